The van der Waals surface area contributed by atoms with Gasteiger partial charge in [-0.05, 0) is 47.1 Å². The van der Waals surface area contributed by atoms with Crippen LogP contribution in [0.5, 0.6) is 0 Å². The lowest BCUT2D eigenvalue weighted by Gasteiger charge is -2.20. The average Bonchev–Trinajstić information content (AvgIpc) is 2.69. The van der Waals surface area contributed by atoms with Crippen molar-refractivity contribution in [3.63, 3.8) is 0 Å². The first-order valence-corrected chi connectivity index (χ1v) is 7.17. The number of carbonyl (C=O) groups is 2. The summed E-state index contributed by atoms with van der Waals surface area (Å²) in [5, 5.41) is 15.0. The van der Waals surface area contributed by atoms with Crippen molar-refractivity contribution < 1.29 is 14.7 Å². The maximum atomic E-state index is 12.1. The number of carboxylic acids is 1. The molecule has 0 radical (unpaired) electrons. The van der Waals surface area contributed by atoms with Crippen molar-refractivity contribution in [1.82, 2.24) is 10.2 Å². The Labute approximate surface area is 125 Å². The van der Waals surface area contributed by atoms with Crippen LogP contribution in [0.2, 0.25) is 0 Å². The predicted molar refractivity (Wildman–Crippen MR) is 79.2 cm³/mol. The Balaban J connectivity index is 2.07. The zero-order valence-corrected chi connectivity index (χ0v) is 12.4. The van der Waals surface area contributed by atoms with Crippen LogP contribution >= 0.6 is 15.9 Å². The second-order valence-corrected chi connectivity index (χ2v) is 5.37. The zero-order valence-electron chi connectivity index (χ0n) is 10.9. The van der Waals surface area contributed by atoms with Gasteiger partial charge in [0.2, 0.25) is 0 Å². The van der Waals surface area contributed by atoms with Crippen molar-refractivity contribution in [3.05, 3.63) is 28.2 Å². The second kappa shape index (κ2) is 6.71. The van der Waals surface area contributed by atoms with Crippen molar-refractivity contribution in [3.8, 4) is 0 Å². The first-order chi connectivity index (χ1) is 9.58. The van der Waals surface area contributed by atoms with Gasteiger partial charge in [0, 0.05) is 29.8 Å². The van der Waals surface area contributed by atoms with E-state index in [-0.39, 0.29) is 11.6 Å². The number of carboxylic acid groups (broad SMARTS) is 1. The maximum Gasteiger partial charge on any atom is 0.336 e. The fourth-order valence-electron chi connectivity index (χ4n) is 2.02. The molecule has 1 heterocycles. The lowest BCUT2D eigenvalue weighted by molar-refractivity contribution is 0.0696. The van der Waals surface area contributed by atoms with Crippen LogP contribution < -0.4 is 10.6 Å². The van der Waals surface area contributed by atoms with E-state index < -0.39 is 5.97 Å². The van der Waals surface area contributed by atoms with Gasteiger partial charge >= 0.3 is 12.0 Å². The molecule has 1 aliphatic rings. The monoisotopic (exact) mass is 341 g/mol. The van der Waals surface area contributed by atoms with E-state index in [4.69, 9.17) is 5.11 Å². The van der Waals surface area contributed by atoms with Crippen LogP contribution in [0.4, 0.5) is 10.5 Å². The third-order valence-corrected chi connectivity index (χ3v) is 3.77. The molecule has 1 aliphatic heterocycles. The van der Waals surface area contributed by atoms with Crippen molar-refractivity contribution in [2.75, 3.05) is 31.5 Å². The van der Waals surface area contributed by atoms with E-state index in [0.29, 0.717) is 23.2 Å². The highest BCUT2D eigenvalue weighted by molar-refractivity contribution is 9.10. The van der Waals surface area contributed by atoms with E-state index in [1.165, 1.54) is 6.07 Å². The highest BCUT2D eigenvalue weighted by atomic mass is 79.9. The molecule has 1 fully saturated rings. The lowest BCUT2D eigenvalue weighted by Crippen LogP contribution is -2.37. The Morgan fingerprint density at radius 1 is 1.30 bits per heavy atom. The van der Waals surface area contributed by atoms with Gasteiger partial charge in [0.05, 0.1) is 5.56 Å². The Kier molecular flexibility index (Phi) is 4.97. The summed E-state index contributed by atoms with van der Waals surface area (Å²) in [5.74, 6) is -1.04. The van der Waals surface area contributed by atoms with Crippen LogP contribution in [0, 0.1) is 0 Å². The normalized spacial score (nSPS) is 15.6. The maximum absolute atomic E-state index is 12.1. The molecule has 0 atom stereocenters. The van der Waals surface area contributed by atoms with Gasteiger partial charge in [0.1, 0.15) is 0 Å². The first kappa shape index (κ1) is 14.8. The van der Waals surface area contributed by atoms with Crippen LogP contribution in [-0.2, 0) is 0 Å². The summed E-state index contributed by atoms with van der Waals surface area (Å²) in [5.41, 5.74) is 0.605. The number of halogens is 1. The second-order valence-electron chi connectivity index (χ2n) is 4.52. The molecule has 1 aromatic carbocycles. The quantitative estimate of drug-likeness (QED) is 0.768. The Morgan fingerprint density at radius 3 is 2.85 bits per heavy atom. The number of anilines is 1. The first-order valence-electron chi connectivity index (χ1n) is 6.37. The highest BCUT2D eigenvalue weighted by Crippen LogP contribution is 2.21. The van der Waals surface area contributed by atoms with Gasteiger partial charge in [-0.15, -0.1) is 0 Å². The van der Waals surface area contributed by atoms with Crippen LogP contribution in [-0.4, -0.2) is 48.2 Å². The molecule has 108 valence electrons. The number of benzene rings is 1. The summed E-state index contributed by atoms with van der Waals surface area (Å²) in [7, 11) is 0. The topological polar surface area (TPSA) is 81.7 Å². The van der Waals surface area contributed by atoms with E-state index in [2.05, 4.69) is 26.6 Å². The average molecular weight is 342 g/mol. The fraction of sp³-hybridized carbons (Fsp3) is 0.385. The van der Waals surface area contributed by atoms with Crippen LogP contribution in [0.25, 0.3) is 0 Å². The smallest absolute Gasteiger partial charge is 0.336 e. The minimum atomic E-state index is -1.04. The molecule has 20 heavy (non-hydrogen) atoms. The van der Waals surface area contributed by atoms with Crippen LogP contribution in [0.15, 0.2) is 22.7 Å². The number of aromatic carboxylic acids is 1. The van der Waals surface area contributed by atoms with Crippen molar-refractivity contribution >= 4 is 33.6 Å². The van der Waals surface area contributed by atoms with Crippen molar-refractivity contribution in [1.29, 1.82) is 0 Å². The summed E-state index contributed by atoms with van der Waals surface area (Å²) >= 11 is 3.17. The third kappa shape index (κ3) is 3.71. The standard InChI is InChI=1S/C13H16BrN3O3/c14-11-3-2-9(8-10(11)12(18)19)16-13(20)17-6-1-4-15-5-7-17/h2-3,8,15H,1,4-7H2,(H,16,20)(H,18,19). The van der Waals surface area contributed by atoms with Gasteiger partial charge in [-0.25, -0.2) is 9.59 Å². The molecular formula is C13H16BrN3O3. The SMILES string of the molecule is O=C(O)c1cc(NC(=O)N2CCCNCC2)ccc1Br. The van der Waals surface area contributed by atoms with Crippen molar-refractivity contribution in [2.45, 2.75) is 6.42 Å². The summed E-state index contributed by atoms with van der Waals surface area (Å²) in [6, 6.07) is 4.53. The fourth-order valence-corrected chi connectivity index (χ4v) is 2.43. The zero-order chi connectivity index (χ0) is 14.5. The third-order valence-electron chi connectivity index (χ3n) is 3.08. The van der Waals surface area contributed by atoms with E-state index in [9.17, 15) is 9.59 Å². The number of nitrogens with one attached hydrogen (secondary N) is 2. The molecule has 1 saturated heterocycles. The number of hydrogen-bond acceptors (Lipinski definition) is 3. The van der Waals surface area contributed by atoms with E-state index in [1.54, 1.807) is 17.0 Å². The number of hydrogen-bond donors (Lipinski definition) is 3. The predicted octanol–water partition coefficient (Wildman–Crippen LogP) is 1.97. The number of carbonyl (C=O) groups excluding carboxylic acids is 1. The molecule has 0 unspecified atom stereocenters. The van der Waals surface area contributed by atoms with E-state index in [0.717, 1.165) is 19.5 Å². The summed E-state index contributed by atoms with van der Waals surface area (Å²) < 4.78 is 0.488. The molecule has 2 amide bonds. The Hall–Kier alpha value is -1.60. The van der Waals surface area contributed by atoms with Crippen LogP contribution in [0.1, 0.15) is 16.8 Å². The highest BCUT2D eigenvalue weighted by Gasteiger charge is 2.16. The minimum absolute atomic E-state index is 0.125. The number of urea groups is 1. The van der Waals surface area contributed by atoms with Gasteiger partial charge < -0.3 is 20.6 Å². The lowest BCUT2D eigenvalue weighted by atomic mass is 10.2. The molecule has 3 N–H and O–H groups in total. The molecule has 0 saturated carbocycles. The summed E-state index contributed by atoms with van der Waals surface area (Å²) in [6.45, 7) is 3.02. The van der Waals surface area contributed by atoms with E-state index >= 15 is 0 Å². The molecule has 0 spiro atoms. The number of rotatable bonds is 2. The van der Waals surface area contributed by atoms with Gasteiger partial charge in [-0.3, -0.25) is 0 Å². The molecular weight excluding hydrogens is 326 g/mol. The number of nitrogens with zero attached hydrogens (tertiary/aromatic N) is 1. The van der Waals surface area contributed by atoms with Gasteiger partial charge in [-0.2, -0.15) is 0 Å². The molecule has 7 heteroatoms. The Bertz CT molecular complexity index is 514. The number of amides is 2. The van der Waals surface area contributed by atoms with Gasteiger partial charge in [0.15, 0.2) is 0 Å². The molecule has 0 aromatic heterocycles. The molecule has 0 aliphatic carbocycles. The minimum Gasteiger partial charge on any atom is -0.478 e. The van der Waals surface area contributed by atoms with Gasteiger partial charge in [-0.1, -0.05) is 0 Å². The molecule has 6 nitrogen and oxygen atoms in total. The summed E-state index contributed by atoms with van der Waals surface area (Å²) in [4.78, 5) is 24.9. The van der Waals surface area contributed by atoms with Gasteiger partial charge in [0.25, 0.3) is 0 Å². The molecule has 2 rings (SSSR count). The van der Waals surface area contributed by atoms with E-state index in [1.807, 2.05) is 0 Å². The molecule has 1 aromatic rings. The Morgan fingerprint density at radius 2 is 2.10 bits per heavy atom. The largest absolute Gasteiger partial charge is 0.478 e. The van der Waals surface area contributed by atoms with Crippen LogP contribution in [0.3, 0.4) is 0 Å². The van der Waals surface area contributed by atoms with Crippen molar-refractivity contribution in [2.24, 2.45) is 0 Å². The molecule has 0 bridgehead atoms. The summed E-state index contributed by atoms with van der Waals surface area (Å²) in [6.07, 6.45) is 0.911.